The monoisotopic (exact) mass is 712 g/mol. The van der Waals surface area contributed by atoms with E-state index in [-0.39, 0.29) is 22.6 Å². The van der Waals surface area contributed by atoms with Gasteiger partial charge in [0, 0.05) is 17.7 Å². The molecule has 0 bridgehead atoms. The number of carboxylic acids is 2. The van der Waals surface area contributed by atoms with Gasteiger partial charge in [0.15, 0.2) is 42.2 Å². The van der Waals surface area contributed by atoms with Crippen molar-refractivity contribution in [1.82, 2.24) is 0 Å². The predicted octanol–water partition coefficient (Wildman–Crippen LogP) is -2.26. The average Bonchev–Trinajstić information content (AvgIpc) is 3.04. The topological polar surface area (TPSA) is 329 Å². The molecule has 0 spiro atoms. The number of esters is 1. The van der Waals surface area contributed by atoms with E-state index in [1.807, 2.05) is 0 Å². The summed E-state index contributed by atoms with van der Waals surface area (Å²) in [6, 6.07) is 5.59. The number of ether oxygens (including phenoxy) is 6. The van der Waals surface area contributed by atoms with Crippen molar-refractivity contribution in [1.29, 1.82) is 0 Å². The van der Waals surface area contributed by atoms with Gasteiger partial charge in [0.2, 0.25) is 6.29 Å². The van der Waals surface area contributed by atoms with E-state index >= 15 is 0 Å². The number of rotatable bonds is 10. The van der Waals surface area contributed by atoms with Crippen LogP contribution >= 0.6 is 0 Å². The molecular formula is C30H32O20. The molecule has 0 aromatic heterocycles. The highest BCUT2D eigenvalue weighted by Crippen LogP contribution is 2.46. The SMILES string of the molecule is O=C(O)CC(=O)O[C@H]1[C@H](O)[C@@H](O[C@@H]2O[C@H](C(=O)O)[C@@H](O)[C@@H](O)[C@H]2O)[C@H](OC2=Cc3c(O)cc(O)cc3OC2c2ccc(O)c(O)c2)O[C@H]1CO. The number of hydrogen-bond donors (Lipinski definition) is 11. The van der Waals surface area contributed by atoms with E-state index in [1.54, 1.807) is 0 Å². The zero-order chi connectivity index (χ0) is 36.6. The number of hydrogen-bond acceptors (Lipinski definition) is 18. The molecule has 0 aliphatic carbocycles. The van der Waals surface area contributed by atoms with Gasteiger partial charge in [-0.1, -0.05) is 6.07 Å². The van der Waals surface area contributed by atoms with Gasteiger partial charge in [0.05, 0.1) is 12.2 Å². The van der Waals surface area contributed by atoms with Gasteiger partial charge < -0.3 is 84.6 Å². The standard InChI is InChI=1S/C30H32O20/c31-8-17-25(48-19(38)7-18(36)37)23(42)27(50-29-22(41)20(39)21(40)26(49-29)28(43)44)30(47-17)46-16-6-11-13(34)4-10(32)5-15(11)45-24(16)9-1-2-12(33)14(35)3-9/h1-6,17,20-27,29-35,39-42H,7-8H2,(H,36,37)(H,43,44)/t17-,20+,21-,22+,23-,24?,25+,26-,27+,29-,30+/m0/s1. The lowest BCUT2D eigenvalue weighted by atomic mass is 9.96. The minimum absolute atomic E-state index is 0.0579. The third-order valence-corrected chi connectivity index (χ3v) is 7.91. The van der Waals surface area contributed by atoms with Crippen LogP contribution in [0.2, 0.25) is 0 Å². The summed E-state index contributed by atoms with van der Waals surface area (Å²) in [5.74, 6) is -7.15. The lowest BCUT2D eigenvalue weighted by Crippen LogP contribution is -2.65. The molecule has 20 nitrogen and oxygen atoms in total. The normalized spacial score (nSPS) is 32.2. The fourth-order valence-electron chi connectivity index (χ4n) is 5.47. The Morgan fingerprint density at radius 1 is 0.780 bits per heavy atom. The van der Waals surface area contributed by atoms with Crippen LogP contribution in [0.1, 0.15) is 23.7 Å². The lowest BCUT2D eigenvalue weighted by molar-refractivity contribution is -0.360. The van der Waals surface area contributed by atoms with Crippen LogP contribution in [-0.4, -0.2) is 142 Å². The molecule has 11 atom stereocenters. The smallest absolute Gasteiger partial charge is 0.335 e. The van der Waals surface area contributed by atoms with E-state index in [4.69, 9.17) is 33.5 Å². The van der Waals surface area contributed by atoms with Gasteiger partial charge >= 0.3 is 17.9 Å². The van der Waals surface area contributed by atoms with E-state index < -0.39 is 121 Å². The molecule has 20 heteroatoms. The van der Waals surface area contributed by atoms with Crippen LogP contribution in [0, 0.1) is 0 Å². The Morgan fingerprint density at radius 2 is 1.50 bits per heavy atom. The zero-order valence-corrected chi connectivity index (χ0v) is 25.3. The summed E-state index contributed by atoms with van der Waals surface area (Å²) in [5.41, 5.74) is 0.0398. The van der Waals surface area contributed by atoms with Crippen LogP contribution in [-0.2, 0) is 38.1 Å². The molecule has 3 aliphatic heterocycles. The second kappa shape index (κ2) is 14.5. The number of fused-ring (bicyclic) bond motifs is 1. The van der Waals surface area contributed by atoms with Crippen LogP contribution in [0.4, 0.5) is 0 Å². The van der Waals surface area contributed by atoms with Crippen LogP contribution < -0.4 is 4.74 Å². The summed E-state index contributed by atoms with van der Waals surface area (Å²) in [7, 11) is 0. The minimum Gasteiger partial charge on any atom is -0.508 e. The van der Waals surface area contributed by atoms with Gasteiger partial charge in [-0.3, -0.25) is 9.59 Å². The minimum atomic E-state index is -2.17. The maximum absolute atomic E-state index is 12.3. The first-order valence-corrected chi connectivity index (χ1v) is 14.7. The molecule has 3 heterocycles. The van der Waals surface area contributed by atoms with Crippen LogP contribution in [0.5, 0.6) is 28.7 Å². The van der Waals surface area contributed by atoms with Gasteiger partial charge in [0.1, 0.15) is 59.9 Å². The first-order chi connectivity index (χ1) is 23.6. The summed E-state index contributed by atoms with van der Waals surface area (Å²) in [4.78, 5) is 35.1. The Morgan fingerprint density at radius 3 is 2.14 bits per heavy atom. The number of phenols is 4. The second-order valence-electron chi connectivity index (χ2n) is 11.4. The van der Waals surface area contributed by atoms with E-state index in [0.717, 1.165) is 24.3 Å². The quantitative estimate of drug-likeness (QED) is 0.0703. The van der Waals surface area contributed by atoms with Crippen LogP contribution in [0.15, 0.2) is 36.1 Å². The third-order valence-electron chi connectivity index (χ3n) is 7.91. The van der Waals surface area contributed by atoms with E-state index in [1.165, 1.54) is 12.1 Å². The molecule has 3 aliphatic rings. The zero-order valence-electron chi connectivity index (χ0n) is 25.3. The molecule has 1 unspecified atom stereocenters. The number of carbonyl (C=O) groups is 3. The molecule has 2 fully saturated rings. The van der Waals surface area contributed by atoms with E-state index in [0.29, 0.717) is 0 Å². The largest absolute Gasteiger partial charge is 0.508 e. The Balaban J connectivity index is 1.56. The van der Waals surface area contributed by atoms with E-state index in [2.05, 4.69) is 0 Å². The van der Waals surface area contributed by atoms with Crippen molar-refractivity contribution in [2.45, 2.75) is 73.9 Å². The van der Waals surface area contributed by atoms with Crippen molar-refractivity contribution in [3.8, 4) is 28.7 Å². The molecular weight excluding hydrogens is 680 g/mol. The predicted molar refractivity (Wildman–Crippen MR) is 155 cm³/mol. The molecule has 2 saturated heterocycles. The first-order valence-electron chi connectivity index (χ1n) is 14.7. The van der Waals surface area contributed by atoms with Crippen molar-refractivity contribution in [2.75, 3.05) is 6.61 Å². The molecule has 0 saturated carbocycles. The number of aliphatic hydroxyl groups is 5. The highest BCUT2D eigenvalue weighted by Gasteiger charge is 2.54. The summed E-state index contributed by atoms with van der Waals surface area (Å²) in [5, 5.41) is 112. The number of aromatic hydroxyl groups is 4. The number of benzene rings is 2. The van der Waals surface area contributed by atoms with Gasteiger partial charge in [0.25, 0.3) is 0 Å². The molecule has 272 valence electrons. The number of aliphatic carboxylic acids is 2. The lowest BCUT2D eigenvalue weighted by Gasteiger charge is -2.46. The number of carbonyl (C=O) groups excluding carboxylic acids is 1. The fourth-order valence-corrected chi connectivity index (χ4v) is 5.47. The first kappa shape index (κ1) is 36.4. The summed E-state index contributed by atoms with van der Waals surface area (Å²) >= 11 is 0. The Labute approximate surface area is 279 Å². The summed E-state index contributed by atoms with van der Waals surface area (Å²) < 4.78 is 33.7. The summed E-state index contributed by atoms with van der Waals surface area (Å²) in [6.45, 7) is -0.989. The van der Waals surface area contributed by atoms with Gasteiger partial charge in [-0.25, -0.2) is 4.79 Å². The van der Waals surface area contributed by atoms with Crippen LogP contribution in [0.25, 0.3) is 6.08 Å². The van der Waals surface area contributed by atoms with Crippen molar-refractivity contribution < 1.29 is 99.0 Å². The Bertz CT molecular complexity index is 1640. The molecule has 50 heavy (non-hydrogen) atoms. The van der Waals surface area contributed by atoms with Crippen molar-refractivity contribution in [2.24, 2.45) is 0 Å². The van der Waals surface area contributed by atoms with Gasteiger partial charge in [-0.05, 0) is 18.2 Å². The van der Waals surface area contributed by atoms with Crippen molar-refractivity contribution in [3.63, 3.8) is 0 Å². The molecule has 0 amide bonds. The maximum atomic E-state index is 12.3. The highest BCUT2D eigenvalue weighted by molar-refractivity contribution is 5.90. The van der Waals surface area contributed by atoms with Crippen molar-refractivity contribution in [3.05, 3.63) is 47.2 Å². The molecule has 2 aromatic rings. The fraction of sp³-hybridized carbons (Fsp3) is 0.433. The van der Waals surface area contributed by atoms with Gasteiger partial charge in [-0.15, -0.1) is 0 Å². The maximum Gasteiger partial charge on any atom is 0.335 e. The molecule has 5 rings (SSSR count). The highest BCUT2D eigenvalue weighted by atomic mass is 16.8. The number of carboxylic acid groups (broad SMARTS) is 2. The third kappa shape index (κ3) is 7.32. The molecule has 11 N–H and O–H groups in total. The molecule has 0 radical (unpaired) electrons. The Hall–Kier alpha value is -4.93. The number of phenolic OH excluding ortho intramolecular Hbond substituents is 4. The van der Waals surface area contributed by atoms with Crippen molar-refractivity contribution >= 4 is 24.0 Å². The van der Waals surface area contributed by atoms with Gasteiger partial charge in [-0.2, -0.15) is 0 Å². The number of aliphatic hydroxyl groups excluding tert-OH is 5. The average molecular weight is 713 g/mol. The Kier molecular flexibility index (Phi) is 10.5. The van der Waals surface area contributed by atoms with Crippen LogP contribution in [0.3, 0.4) is 0 Å². The summed E-state index contributed by atoms with van der Waals surface area (Å²) in [6.07, 6.45) is -21.9. The molecule has 2 aromatic carbocycles. The van der Waals surface area contributed by atoms with E-state index in [9.17, 15) is 65.4 Å². The second-order valence-corrected chi connectivity index (χ2v) is 11.4.